The summed E-state index contributed by atoms with van der Waals surface area (Å²) in [5.74, 6) is 0.0982. The Morgan fingerprint density at radius 3 is 2.78 bits per heavy atom. The molecule has 0 aliphatic heterocycles. The van der Waals surface area contributed by atoms with Crippen molar-refractivity contribution in [2.75, 3.05) is 5.75 Å². The number of thiophene rings is 1. The molecule has 1 amide bonds. The highest BCUT2D eigenvalue weighted by molar-refractivity contribution is 7.99. The van der Waals surface area contributed by atoms with Gasteiger partial charge in [-0.2, -0.15) is 5.26 Å². The number of hydrogen-bond acceptors (Lipinski definition) is 6. The normalized spacial score (nSPS) is 17.4. The highest BCUT2D eigenvalue weighted by atomic mass is 32.2. The van der Waals surface area contributed by atoms with E-state index in [1.165, 1.54) is 16.6 Å². The number of nitrogens with one attached hydrogen (secondary N) is 1. The van der Waals surface area contributed by atoms with Crippen molar-refractivity contribution in [2.24, 2.45) is 5.92 Å². The van der Waals surface area contributed by atoms with E-state index in [4.69, 9.17) is 4.98 Å². The Balaban J connectivity index is 1.51. The van der Waals surface area contributed by atoms with Crippen LogP contribution >= 0.6 is 23.1 Å². The number of para-hydroxylation sites is 1. The maximum Gasteiger partial charge on any atom is 0.267 e. The lowest BCUT2D eigenvalue weighted by Crippen LogP contribution is -2.47. The van der Waals surface area contributed by atoms with Gasteiger partial charge in [-0.05, 0) is 69.1 Å². The number of rotatable bonds is 6. The Morgan fingerprint density at radius 2 is 2.06 bits per heavy atom. The summed E-state index contributed by atoms with van der Waals surface area (Å²) in [5, 5.41) is 13.7. The SMILES string of the molecule is CC(C#N)(NC(=O)CSc1nc2sc3c(c2c(=O)n1-c1ccccc1)CCCC3)C1CC1. The Hall–Kier alpha value is -2.63. The molecule has 1 fully saturated rings. The Labute approximate surface area is 194 Å². The van der Waals surface area contributed by atoms with Gasteiger partial charge in [0.05, 0.1) is 22.9 Å². The fourth-order valence-electron chi connectivity index (χ4n) is 4.43. The number of nitriles is 1. The van der Waals surface area contributed by atoms with E-state index in [0.717, 1.165) is 60.0 Å². The average molecular weight is 465 g/mol. The van der Waals surface area contributed by atoms with Crippen LogP contribution in [0.2, 0.25) is 0 Å². The van der Waals surface area contributed by atoms with Crippen molar-refractivity contribution in [3.63, 3.8) is 0 Å². The number of benzene rings is 1. The fourth-order valence-corrected chi connectivity index (χ4v) is 6.54. The number of thioether (sulfide) groups is 1. The molecule has 2 heterocycles. The average Bonchev–Trinajstić information content (AvgIpc) is 3.59. The van der Waals surface area contributed by atoms with Crippen LogP contribution in [0.4, 0.5) is 0 Å². The first-order chi connectivity index (χ1) is 15.5. The molecule has 0 bridgehead atoms. The zero-order valence-corrected chi connectivity index (χ0v) is 19.5. The smallest absolute Gasteiger partial charge is 0.267 e. The third-order valence-electron chi connectivity index (χ3n) is 6.33. The van der Waals surface area contributed by atoms with Gasteiger partial charge in [-0.3, -0.25) is 14.2 Å². The number of carbonyl (C=O) groups excluding carboxylic acids is 1. The Bertz CT molecular complexity index is 1290. The summed E-state index contributed by atoms with van der Waals surface area (Å²) in [5.41, 5.74) is 0.997. The summed E-state index contributed by atoms with van der Waals surface area (Å²) >= 11 is 2.86. The largest absolute Gasteiger partial charge is 0.337 e. The second kappa shape index (κ2) is 8.38. The van der Waals surface area contributed by atoms with E-state index in [0.29, 0.717) is 5.16 Å². The van der Waals surface area contributed by atoms with Gasteiger partial charge >= 0.3 is 0 Å². The van der Waals surface area contributed by atoms with Crippen molar-refractivity contribution in [1.29, 1.82) is 5.26 Å². The van der Waals surface area contributed by atoms with Crippen molar-refractivity contribution < 1.29 is 4.79 Å². The molecule has 0 radical (unpaired) electrons. The number of amides is 1. The van der Waals surface area contributed by atoms with Crippen molar-refractivity contribution in [3.8, 4) is 11.8 Å². The van der Waals surface area contributed by atoms with Gasteiger partial charge in [-0.1, -0.05) is 30.0 Å². The molecular formula is C24H24N4O2S2. The molecule has 1 unspecified atom stereocenters. The molecule has 5 rings (SSSR count). The van der Waals surface area contributed by atoms with E-state index in [-0.39, 0.29) is 23.1 Å². The van der Waals surface area contributed by atoms with E-state index >= 15 is 0 Å². The van der Waals surface area contributed by atoms with Crippen LogP contribution in [-0.4, -0.2) is 26.8 Å². The minimum Gasteiger partial charge on any atom is -0.337 e. The van der Waals surface area contributed by atoms with Crippen molar-refractivity contribution in [3.05, 3.63) is 51.1 Å². The van der Waals surface area contributed by atoms with Gasteiger partial charge in [-0.15, -0.1) is 11.3 Å². The molecular weight excluding hydrogens is 440 g/mol. The highest BCUT2D eigenvalue weighted by Gasteiger charge is 2.43. The second-order valence-electron chi connectivity index (χ2n) is 8.69. The van der Waals surface area contributed by atoms with Crippen LogP contribution in [0, 0.1) is 17.2 Å². The van der Waals surface area contributed by atoms with Crippen LogP contribution in [0.5, 0.6) is 0 Å². The van der Waals surface area contributed by atoms with Crippen molar-refractivity contribution in [2.45, 2.75) is 56.1 Å². The second-order valence-corrected chi connectivity index (χ2v) is 10.7. The Morgan fingerprint density at radius 1 is 1.31 bits per heavy atom. The van der Waals surface area contributed by atoms with E-state index < -0.39 is 5.54 Å². The minimum absolute atomic E-state index is 0.0663. The number of aromatic nitrogens is 2. The lowest BCUT2D eigenvalue weighted by Gasteiger charge is -2.22. The third-order valence-corrected chi connectivity index (χ3v) is 8.45. The van der Waals surface area contributed by atoms with Gasteiger partial charge in [0.25, 0.3) is 5.56 Å². The predicted molar refractivity (Wildman–Crippen MR) is 127 cm³/mol. The quantitative estimate of drug-likeness (QED) is 0.436. The molecule has 0 saturated heterocycles. The first-order valence-electron chi connectivity index (χ1n) is 11.0. The molecule has 1 saturated carbocycles. The van der Waals surface area contributed by atoms with Gasteiger partial charge in [0.1, 0.15) is 10.4 Å². The summed E-state index contributed by atoms with van der Waals surface area (Å²) in [6.45, 7) is 1.79. The first-order valence-corrected chi connectivity index (χ1v) is 12.8. The summed E-state index contributed by atoms with van der Waals surface area (Å²) in [4.78, 5) is 33.2. The van der Waals surface area contributed by atoms with Crippen LogP contribution in [0.25, 0.3) is 15.9 Å². The molecule has 6 nitrogen and oxygen atoms in total. The van der Waals surface area contributed by atoms with Crippen molar-refractivity contribution >= 4 is 39.2 Å². The zero-order chi connectivity index (χ0) is 22.3. The Kier molecular flexibility index (Phi) is 5.56. The molecule has 2 aliphatic rings. The zero-order valence-electron chi connectivity index (χ0n) is 17.9. The van der Waals surface area contributed by atoms with Crippen LogP contribution < -0.4 is 10.9 Å². The van der Waals surface area contributed by atoms with E-state index in [9.17, 15) is 14.9 Å². The number of carbonyl (C=O) groups is 1. The van der Waals surface area contributed by atoms with Crippen LogP contribution in [0.15, 0.2) is 40.3 Å². The van der Waals surface area contributed by atoms with Crippen LogP contribution in [0.1, 0.15) is 43.0 Å². The molecule has 1 atom stereocenters. The molecule has 3 aromatic rings. The van der Waals surface area contributed by atoms with E-state index in [1.54, 1.807) is 22.8 Å². The van der Waals surface area contributed by atoms with E-state index in [1.807, 2.05) is 30.3 Å². The maximum atomic E-state index is 13.7. The fraction of sp³-hybridized carbons (Fsp3) is 0.417. The molecule has 1 aromatic carbocycles. The summed E-state index contributed by atoms with van der Waals surface area (Å²) in [7, 11) is 0. The molecule has 1 N–H and O–H groups in total. The van der Waals surface area contributed by atoms with E-state index in [2.05, 4.69) is 11.4 Å². The van der Waals surface area contributed by atoms with Gasteiger partial charge in [-0.25, -0.2) is 4.98 Å². The maximum absolute atomic E-state index is 13.7. The summed E-state index contributed by atoms with van der Waals surface area (Å²) < 4.78 is 1.63. The third kappa shape index (κ3) is 3.84. The van der Waals surface area contributed by atoms with Crippen molar-refractivity contribution in [1.82, 2.24) is 14.9 Å². The highest BCUT2D eigenvalue weighted by Crippen LogP contribution is 2.39. The summed E-state index contributed by atoms with van der Waals surface area (Å²) in [6, 6.07) is 11.7. The number of hydrogen-bond donors (Lipinski definition) is 1. The summed E-state index contributed by atoms with van der Waals surface area (Å²) in [6.07, 6.45) is 6.09. The van der Waals surface area contributed by atoms with Gasteiger partial charge in [0.2, 0.25) is 5.91 Å². The standard InChI is InChI=1S/C24H24N4O2S2/c1-24(14-25,15-11-12-15)27-19(29)13-31-23-26-21-20(17-9-5-6-10-18(17)32-21)22(30)28(23)16-7-3-2-4-8-16/h2-4,7-8,15H,5-6,9-13H2,1H3,(H,27,29). The molecule has 164 valence electrons. The molecule has 0 spiro atoms. The minimum atomic E-state index is -0.832. The first kappa shape index (κ1) is 21.2. The molecule has 2 aromatic heterocycles. The van der Waals surface area contributed by atoms with Crippen LogP contribution in [0.3, 0.4) is 0 Å². The number of aryl methyl sites for hydroxylation is 2. The number of nitrogens with zero attached hydrogens (tertiary/aromatic N) is 3. The molecule has 32 heavy (non-hydrogen) atoms. The van der Waals surface area contributed by atoms with Crippen LogP contribution in [-0.2, 0) is 17.6 Å². The topological polar surface area (TPSA) is 87.8 Å². The lowest BCUT2D eigenvalue weighted by molar-refractivity contribution is -0.119. The molecule has 8 heteroatoms. The predicted octanol–water partition coefficient (Wildman–Crippen LogP) is 4.23. The van der Waals surface area contributed by atoms with Gasteiger partial charge in [0.15, 0.2) is 5.16 Å². The number of fused-ring (bicyclic) bond motifs is 3. The molecule has 2 aliphatic carbocycles. The monoisotopic (exact) mass is 464 g/mol. The van der Waals surface area contributed by atoms with Gasteiger partial charge in [0, 0.05) is 4.88 Å². The lowest BCUT2D eigenvalue weighted by atomic mass is 9.97. The van der Waals surface area contributed by atoms with Gasteiger partial charge < -0.3 is 5.32 Å².